The van der Waals surface area contributed by atoms with Crippen LogP contribution in [-0.4, -0.2) is 37.2 Å². The lowest BCUT2D eigenvalue weighted by atomic mass is 10.1. The quantitative estimate of drug-likeness (QED) is 0.0199. The normalized spacial score (nSPS) is 12.7. The molecule has 0 saturated carbocycles. The third-order valence-electron chi connectivity index (χ3n) is 10.9. The van der Waals surface area contributed by atoms with E-state index in [1.54, 1.807) is 0 Å². The zero-order valence-electron chi connectivity index (χ0n) is 41.1. The molecule has 0 saturated heterocycles. The molecule has 0 aromatic carbocycles. The van der Waals surface area contributed by atoms with Crippen LogP contribution in [-0.2, 0) is 28.6 Å². The van der Waals surface area contributed by atoms with Gasteiger partial charge < -0.3 is 14.2 Å². The molecule has 0 radical (unpaired) electrons. The number of esters is 3. The Kier molecular flexibility index (Phi) is 48.5. The van der Waals surface area contributed by atoms with Crippen molar-refractivity contribution in [3.63, 3.8) is 0 Å². The van der Waals surface area contributed by atoms with Gasteiger partial charge in [0.25, 0.3) is 0 Å². The predicted octanol–water partition coefficient (Wildman–Crippen LogP) is 17.2. The number of carbonyl (C=O) groups is 3. The Morgan fingerprint density at radius 3 is 1.17 bits per heavy atom. The highest BCUT2D eigenvalue weighted by Crippen LogP contribution is 2.13. The van der Waals surface area contributed by atoms with Crippen molar-refractivity contribution >= 4 is 17.9 Å². The maximum absolute atomic E-state index is 12.8. The van der Waals surface area contributed by atoms with E-state index in [0.717, 1.165) is 96.3 Å². The molecule has 63 heavy (non-hydrogen) atoms. The van der Waals surface area contributed by atoms with Gasteiger partial charge in [-0.3, -0.25) is 14.4 Å². The Hall–Kier alpha value is -3.41. The van der Waals surface area contributed by atoms with Crippen molar-refractivity contribution in [2.45, 2.75) is 245 Å². The fourth-order valence-corrected chi connectivity index (χ4v) is 6.97. The molecule has 1 atom stereocenters. The molecule has 0 spiro atoms. The van der Waals surface area contributed by atoms with Crippen molar-refractivity contribution in [1.82, 2.24) is 0 Å². The highest BCUT2D eigenvalue weighted by atomic mass is 16.6. The van der Waals surface area contributed by atoms with Crippen LogP contribution < -0.4 is 0 Å². The minimum Gasteiger partial charge on any atom is -0.462 e. The minimum atomic E-state index is -0.818. The van der Waals surface area contributed by atoms with Crippen LogP contribution in [0.3, 0.4) is 0 Å². The van der Waals surface area contributed by atoms with Gasteiger partial charge in [0.1, 0.15) is 13.2 Å². The molecular formula is C57H96O6. The number of allylic oxidation sites excluding steroid dienone is 14. The van der Waals surface area contributed by atoms with Gasteiger partial charge in [-0.05, 0) is 96.3 Å². The molecule has 6 heteroatoms. The van der Waals surface area contributed by atoms with Crippen LogP contribution in [0.5, 0.6) is 0 Å². The summed E-state index contributed by atoms with van der Waals surface area (Å²) in [7, 11) is 0. The van der Waals surface area contributed by atoms with Gasteiger partial charge in [-0.15, -0.1) is 0 Å². The van der Waals surface area contributed by atoms with Crippen LogP contribution >= 0.6 is 0 Å². The molecule has 0 bridgehead atoms. The van der Waals surface area contributed by atoms with E-state index >= 15 is 0 Å². The van der Waals surface area contributed by atoms with E-state index in [0.29, 0.717) is 12.8 Å². The van der Waals surface area contributed by atoms with Crippen LogP contribution in [0.15, 0.2) is 85.1 Å². The van der Waals surface area contributed by atoms with E-state index in [1.807, 2.05) is 6.08 Å². The molecule has 6 nitrogen and oxygen atoms in total. The summed E-state index contributed by atoms with van der Waals surface area (Å²) in [5, 5.41) is 0. The average Bonchev–Trinajstić information content (AvgIpc) is 3.28. The van der Waals surface area contributed by atoms with Crippen LogP contribution in [0, 0.1) is 0 Å². The van der Waals surface area contributed by atoms with Crippen LogP contribution in [0.1, 0.15) is 239 Å². The smallest absolute Gasteiger partial charge is 0.306 e. The van der Waals surface area contributed by atoms with Crippen LogP contribution in [0.2, 0.25) is 0 Å². The maximum atomic E-state index is 12.8. The number of hydrogen-bond donors (Lipinski definition) is 0. The summed E-state index contributed by atoms with van der Waals surface area (Å²) in [6.45, 7) is 6.42. The molecule has 0 aromatic rings. The predicted molar refractivity (Wildman–Crippen MR) is 270 cm³/mol. The van der Waals surface area contributed by atoms with Crippen molar-refractivity contribution < 1.29 is 28.6 Å². The highest BCUT2D eigenvalue weighted by Gasteiger charge is 2.19. The summed E-state index contributed by atoms with van der Waals surface area (Å²) < 4.78 is 16.7. The number of hydrogen-bond acceptors (Lipinski definition) is 6. The Morgan fingerprint density at radius 1 is 0.349 bits per heavy atom. The molecule has 0 fully saturated rings. The third-order valence-corrected chi connectivity index (χ3v) is 10.9. The molecule has 0 N–H and O–H groups in total. The third kappa shape index (κ3) is 49.5. The fraction of sp³-hybridized carbons (Fsp3) is 0.702. The minimum absolute atomic E-state index is 0.112. The van der Waals surface area contributed by atoms with Gasteiger partial charge in [0, 0.05) is 19.3 Å². The van der Waals surface area contributed by atoms with Gasteiger partial charge in [-0.2, -0.15) is 0 Å². The summed E-state index contributed by atoms with van der Waals surface area (Å²) >= 11 is 0. The molecule has 0 heterocycles. The average molecular weight is 877 g/mol. The monoisotopic (exact) mass is 877 g/mol. The Labute approximate surface area is 388 Å². The second kappa shape index (κ2) is 51.2. The van der Waals surface area contributed by atoms with E-state index in [1.165, 1.54) is 96.3 Å². The second-order valence-electron chi connectivity index (χ2n) is 17.1. The number of rotatable bonds is 46. The Morgan fingerprint density at radius 2 is 0.698 bits per heavy atom. The number of unbranched alkanes of at least 4 members (excludes halogenated alkanes) is 22. The first-order valence-corrected chi connectivity index (χ1v) is 26.1. The van der Waals surface area contributed by atoms with Gasteiger partial charge in [-0.25, -0.2) is 0 Å². The van der Waals surface area contributed by atoms with Crippen molar-refractivity contribution in [2.75, 3.05) is 13.2 Å². The lowest BCUT2D eigenvalue weighted by Gasteiger charge is -2.18. The first-order chi connectivity index (χ1) is 31.0. The molecule has 0 aromatic heterocycles. The van der Waals surface area contributed by atoms with Gasteiger partial charge in [0.05, 0.1) is 0 Å². The topological polar surface area (TPSA) is 78.9 Å². The van der Waals surface area contributed by atoms with E-state index in [2.05, 4.69) is 99.8 Å². The lowest BCUT2D eigenvalue weighted by Crippen LogP contribution is -2.30. The zero-order chi connectivity index (χ0) is 45.8. The Bertz CT molecular complexity index is 1240. The lowest BCUT2D eigenvalue weighted by molar-refractivity contribution is -0.166. The summed E-state index contributed by atoms with van der Waals surface area (Å²) in [5.41, 5.74) is 0. The van der Waals surface area contributed by atoms with Gasteiger partial charge in [-0.1, -0.05) is 209 Å². The molecule has 1 unspecified atom stereocenters. The van der Waals surface area contributed by atoms with Gasteiger partial charge in [0.2, 0.25) is 0 Å². The van der Waals surface area contributed by atoms with Crippen molar-refractivity contribution in [3.05, 3.63) is 85.1 Å². The molecule has 0 aliphatic rings. The van der Waals surface area contributed by atoms with E-state index < -0.39 is 6.10 Å². The van der Waals surface area contributed by atoms with Crippen molar-refractivity contribution in [1.29, 1.82) is 0 Å². The summed E-state index contributed by atoms with van der Waals surface area (Å²) in [4.78, 5) is 37.9. The molecule has 0 aliphatic carbocycles. The van der Waals surface area contributed by atoms with Crippen molar-refractivity contribution in [2.24, 2.45) is 0 Å². The van der Waals surface area contributed by atoms with E-state index in [4.69, 9.17) is 14.2 Å². The first kappa shape index (κ1) is 59.6. The zero-order valence-corrected chi connectivity index (χ0v) is 41.1. The van der Waals surface area contributed by atoms with Gasteiger partial charge >= 0.3 is 17.9 Å². The molecule has 0 amide bonds. The molecular weight excluding hydrogens is 781 g/mol. The van der Waals surface area contributed by atoms with Gasteiger partial charge in [0.15, 0.2) is 6.10 Å². The largest absolute Gasteiger partial charge is 0.462 e. The highest BCUT2D eigenvalue weighted by molar-refractivity contribution is 5.71. The fourth-order valence-electron chi connectivity index (χ4n) is 6.97. The van der Waals surface area contributed by atoms with E-state index in [9.17, 15) is 14.4 Å². The number of carbonyl (C=O) groups excluding carboxylic acids is 3. The van der Waals surface area contributed by atoms with E-state index in [-0.39, 0.29) is 44.0 Å². The first-order valence-electron chi connectivity index (χ1n) is 26.1. The Balaban J connectivity index is 4.51. The molecule has 0 rings (SSSR count). The SMILES string of the molecule is CC/C=C/C/C=C/C/C=C/CCCCCCCCC(=O)OCC(COC(=O)CC/C=C/C/C=C/CCCCCCCC)OC(=O)CCCCC/C=C/C=C/CCCCCCCCC. The van der Waals surface area contributed by atoms with Crippen LogP contribution in [0.4, 0.5) is 0 Å². The number of ether oxygens (including phenoxy) is 3. The molecule has 360 valence electrons. The second-order valence-corrected chi connectivity index (χ2v) is 17.1. The molecule has 0 aliphatic heterocycles. The summed E-state index contributed by atoms with van der Waals surface area (Å²) in [6.07, 6.45) is 65.8. The summed E-state index contributed by atoms with van der Waals surface area (Å²) in [5.74, 6) is -1.02. The summed E-state index contributed by atoms with van der Waals surface area (Å²) in [6, 6.07) is 0. The maximum Gasteiger partial charge on any atom is 0.306 e. The van der Waals surface area contributed by atoms with Crippen LogP contribution in [0.25, 0.3) is 0 Å². The standard InChI is InChI=1S/C57H96O6/c1-4-7-10-13-16-19-22-25-27-29-32-35-38-41-44-47-50-56(59)62-53-54(52-61-55(58)49-46-43-40-37-34-31-24-21-18-15-12-9-6-3)63-57(60)51-48-45-42-39-36-33-30-28-26-23-20-17-14-11-8-5-2/h7,10,16,19,25,27-28,30-31,33-34,36,40,43,54H,4-6,8-9,11-15,17-18,20-24,26,29,32,35,37-39,41-42,44-53H2,1-3H3/b10-7+,19-16+,27-25+,30-28+,34-31+,36-33+,43-40+. The van der Waals surface area contributed by atoms with Crippen molar-refractivity contribution in [3.8, 4) is 0 Å².